The zero-order valence-corrected chi connectivity index (χ0v) is 6.20. The van der Waals surface area contributed by atoms with E-state index in [1.165, 1.54) is 0 Å². The first-order valence-electron chi connectivity index (χ1n) is 0.667. The molecule has 0 fully saturated rings. The summed E-state index contributed by atoms with van der Waals surface area (Å²) in [5.74, 6) is 0. The maximum absolute atomic E-state index is 8.52. The van der Waals surface area contributed by atoms with E-state index in [-0.39, 0.29) is 21.1 Å². The predicted molar refractivity (Wildman–Crippen MR) is 10.5 cm³/mol. The van der Waals surface area contributed by atoms with E-state index in [1.54, 1.807) is 0 Å². The molecule has 6 heteroatoms. The summed E-state index contributed by atoms with van der Waals surface area (Å²) in [5, 5.41) is 0. The maximum atomic E-state index is 8.52. The molecule has 0 aromatic carbocycles. The van der Waals surface area contributed by atoms with Crippen LogP contribution in [0.5, 0.6) is 0 Å². The van der Waals surface area contributed by atoms with Crippen molar-refractivity contribution in [3.05, 3.63) is 0 Å². The van der Waals surface area contributed by atoms with Gasteiger partial charge in [0.25, 0.3) is 0 Å². The Labute approximate surface area is 49.4 Å². The average Bonchev–Trinajstić information content (AvgIpc) is 0.722. The van der Waals surface area contributed by atoms with Gasteiger partial charge in [-0.15, -0.1) is 0 Å². The fraction of sp³-hybridized carbons (Fsp3) is 0. The van der Waals surface area contributed by atoms with Crippen molar-refractivity contribution in [1.82, 2.24) is 0 Å². The van der Waals surface area contributed by atoms with Crippen molar-refractivity contribution in [2.75, 3.05) is 0 Å². The third-order valence-corrected chi connectivity index (χ3v) is 0. The molecule has 0 heterocycles. The Balaban J connectivity index is 0. The normalized spacial score (nSPS) is 9.67. The summed E-state index contributed by atoms with van der Waals surface area (Å²) in [4.78, 5) is 0. The molecule has 0 saturated carbocycles. The fourth-order valence-electron chi connectivity index (χ4n) is 0. The zero-order chi connectivity index (χ0) is 4.50. The van der Waals surface area contributed by atoms with Crippen LogP contribution in [0.4, 0.5) is 0 Å². The minimum absolute atomic E-state index is 0. The molecule has 0 saturated heterocycles. The second-order valence-electron chi connectivity index (χ2n) is 0.408. The van der Waals surface area contributed by atoms with Crippen molar-refractivity contribution in [2.24, 2.45) is 0 Å². The van der Waals surface area contributed by atoms with Crippen LogP contribution >= 0.6 is 0 Å². The Morgan fingerprint density at radius 3 is 1.17 bits per heavy atom. The van der Waals surface area contributed by atoms with E-state index >= 15 is 0 Å². The predicted octanol–water partition coefficient (Wildman–Crippen LogP) is -1.34. The number of hydrogen-bond acceptors (Lipinski definition) is 4. The summed E-state index contributed by atoms with van der Waals surface area (Å²) in [6.45, 7) is 0. The Morgan fingerprint density at radius 1 is 1.17 bits per heavy atom. The molecule has 0 aliphatic carbocycles. The van der Waals surface area contributed by atoms with Gasteiger partial charge >= 0.3 is 0 Å². The molecule has 6 heavy (non-hydrogen) atoms. The molecule has 0 aromatic rings. The van der Waals surface area contributed by atoms with Crippen molar-refractivity contribution in [3.63, 3.8) is 0 Å². The van der Waals surface area contributed by atoms with Crippen LogP contribution in [0.2, 0.25) is 0 Å². The molecule has 0 aliphatic heterocycles. The Morgan fingerprint density at radius 2 is 1.17 bits per heavy atom. The van der Waals surface area contributed by atoms with E-state index in [9.17, 15) is 0 Å². The van der Waals surface area contributed by atoms with Gasteiger partial charge in [-0.2, -0.15) is 0 Å². The van der Waals surface area contributed by atoms with E-state index in [0.717, 1.165) is 0 Å². The van der Waals surface area contributed by atoms with Crippen LogP contribution in [-0.2, 0) is 31.5 Å². The first-order chi connectivity index (χ1) is 2.00. The molecular weight excluding hydrogens is 280 g/mol. The van der Waals surface area contributed by atoms with E-state index in [2.05, 4.69) is 0 Å². The van der Waals surface area contributed by atoms with Gasteiger partial charge < -0.3 is 9.11 Å². The van der Waals surface area contributed by atoms with E-state index in [0.29, 0.717) is 0 Å². The minimum atomic E-state index is -5.17. The number of hydrogen-bond donors (Lipinski definition) is 0. The molecule has 0 N–H and O–H groups in total. The van der Waals surface area contributed by atoms with Crippen LogP contribution in [0.25, 0.3) is 0 Å². The molecule has 0 aliphatic rings. The topological polar surface area (TPSA) is 80.3 Å². The Hall–Kier alpha value is 0.558. The van der Waals surface area contributed by atoms with Crippen molar-refractivity contribution >= 4 is 10.4 Å². The van der Waals surface area contributed by atoms with Gasteiger partial charge in [-0.3, -0.25) is 8.42 Å². The van der Waals surface area contributed by atoms with Gasteiger partial charge in [0.05, 0.1) is 0 Å². The third kappa shape index (κ3) is 185. The summed E-state index contributed by atoms with van der Waals surface area (Å²) < 4.78 is 34.1. The van der Waals surface area contributed by atoms with E-state index in [1.807, 2.05) is 0 Å². The largest absolute Gasteiger partial charge is 0.759 e. The first kappa shape index (κ1) is 9.75. The van der Waals surface area contributed by atoms with Crippen LogP contribution in [0, 0.1) is 0 Å². The Kier molecular flexibility index (Phi) is 4.36. The smallest absolute Gasteiger partial charge is 0.0311 e. The molecule has 0 amide bonds. The summed E-state index contributed by atoms with van der Waals surface area (Å²) in [6.07, 6.45) is 0. The summed E-state index contributed by atoms with van der Waals surface area (Å²) in [6, 6.07) is 0. The van der Waals surface area contributed by atoms with Gasteiger partial charge in [-0.1, -0.05) is 0 Å². The molecule has 38 valence electrons. The van der Waals surface area contributed by atoms with Crippen molar-refractivity contribution in [1.29, 1.82) is 0 Å². The summed E-state index contributed by atoms with van der Waals surface area (Å²) >= 11 is 0. The average molecular weight is 280 g/mol. The summed E-state index contributed by atoms with van der Waals surface area (Å²) in [7, 11) is -5.17. The van der Waals surface area contributed by atoms with Gasteiger partial charge in [-0.05, 0) is 0 Å². The first-order valence-corrected chi connectivity index (χ1v) is 2.00. The fourth-order valence-corrected chi connectivity index (χ4v) is 0. The van der Waals surface area contributed by atoms with Crippen molar-refractivity contribution in [3.8, 4) is 0 Å². The van der Waals surface area contributed by atoms with Crippen LogP contribution in [0.15, 0.2) is 0 Å². The Bertz CT molecular complexity index is 90.7. The van der Waals surface area contributed by atoms with E-state index < -0.39 is 10.4 Å². The van der Waals surface area contributed by atoms with Crippen LogP contribution in [-0.4, -0.2) is 17.5 Å². The standard InChI is InChI=1S/H2O4S.W/c1-5(2,3)4;/h(H2,1,2,3,4);/p-2. The monoisotopic (exact) mass is 280 g/mol. The van der Waals surface area contributed by atoms with Gasteiger partial charge in [0.15, 0.2) is 0 Å². The van der Waals surface area contributed by atoms with Gasteiger partial charge in [0.2, 0.25) is 0 Å². The van der Waals surface area contributed by atoms with Crippen molar-refractivity contribution in [2.45, 2.75) is 0 Å². The molecule has 0 radical (unpaired) electrons. The number of rotatable bonds is 0. The molecular formula is O4SW-2. The molecule has 0 bridgehead atoms. The van der Waals surface area contributed by atoms with Crippen molar-refractivity contribution < 1.29 is 38.6 Å². The van der Waals surface area contributed by atoms with Crippen LogP contribution < -0.4 is 0 Å². The van der Waals surface area contributed by atoms with Gasteiger partial charge in [-0.25, -0.2) is 0 Å². The second-order valence-corrected chi connectivity index (χ2v) is 1.22. The summed E-state index contributed by atoms with van der Waals surface area (Å²) in [5.41, 5.74) is 0. The van der Waals surface area contributed by atoms with E-state index in [4.69, 9.17) is 17.5 Å². The molecule has 0 atom stereocenters. The minimum Gasteiger partial charge on any atom is -0.759 e. The third-order valence-electron chi connectivity index (χ3n) is 0. The van der Waals surface area contributed by atoms with Crippen LogP contribution in [0.3, 0.4) is 0 Å². The molecule has 0 aromatic heterocycles. The molecule has 0 spiro atoms. The quantitative estimate of drug-likeness (QED) is 0.406. The van der Waals surface area contributed by atoms with Crippen LogP contribution in [0.1, 0.15) is 0 Å². The second kappa shape index (κ2) is 2.69. The SMILES string of the molecule is O=S(=O)([O-])[O-].[W]. The molecule has 4 nitrogen and oxygen atoms in total. The maximum Gasteiger partial charge on any atom is 0.0311 e. The molecule has 0 rings (SSSR count). The zero-order valence-electron chi connectivity index (χ0n) is 2.45. The van der Waals surface area contributed by atoms with Gasteiger partial charge in [0.1, 0.15) is 0 Å². The van der Waals surface area contributed by atoms with Gasteiger partial charge in [0, 0.05) is 31.5 Å². The molecule has 0 unspecified atom stereocenters.